The number of carbonyl (C=O) groups is 1. The number of amides is 1. The Hall–Kier alpha value is -1.16. The summed E-state index contributed by atoms with van der Waals surface area (Å²) >= 11 is 5.28. The summed E-state index contributed by atoms with van der Waals surface area (Å²) < 4.78 is 0. The number of aromatic nitrogens is 2. The van der Waals surface area contributed by atoms with Crippen molar-refractivity contribution in [2.45, 2.75) is 6.92 Å². The summed E-state index contributed by atoms with van der Waals surface area (Å²) in [5.41, 5.74) is 0.940. The zero-order chi connectivity index (χ0) is 8.97. The van der Waals surface area contributed by atoms with Gasteiger partial charge in [0.1, 0.15) is 5.88 Å². The van der Waals surface area contributed by atoms with Crippen LogP contribution in [0.1, 0.15) is 5.56 Å². The highest BCUT2D eigenvalue weighted by Gasteiger charge is 2.00. The summed E-state index contributed by atoms with van der Waals surface area (Å²) in [4.78, 5) is 10.8. The van der Waals surface area contributed by atoms with Crippen molar-refractivity contribution in [1.82, 2.24) is 10.2 Å². The van der Waals surface area contributed by atoms with Gasteiger partial charge in [0, 0.05) is 0 Å². The molecule has 0 saturated carbocycles. The maximum Gasteiger partial charge on any atom is 0.240 e. The highest BCUT2D eigenvalue weighted by atomic mass is 35.5. The summed E-state index contributed by atoms with van der Waals surface area (Å²) in [6.45, 7) is 1.87. The van der Waals surface area contributed by atoms with E-state index < -0.39 is 0 Å². The lowest BCUT2D eigenvalue weighted by atomic mass is 10.3. The largest absolute Gasteiger partial charge is 0.308 e. The van der Waals surface area contributed by atoms with Crippen molar-refractivity contribution in [1.29, 1.82) is 0 Å². The molecule has 1 rings (SSSR count). The van der Waals surface area contributed by atoms with Crippen LogP contribution in [0.3, 0.4) is 0 Å². The minimum absolute atomic E-state index is 0.0738. The number of nitrogens with one attached hydrogen (secondary N) is 1. The predicted molar refractivity (Wildman–Crippen MR) is 46.1 cm³/mol. The van der Waals surface area contributed by atoms with E-state index >= 15 is 0 Å². The standard InChI is InChI=1S/C7H8ClN3O/c1-5-2-6(11-9-4-5)10-7(12)3-8/h2,4H,3H2,1H3,(H,10,11,12). The van der Waals surface area contributed by atoms with Crippen LogP contribution in [0.5, 0.6) is 0 Å². The molecule has 0 atom stereocenters. The first kappa shape index (κ1) is 8.93. The van der Waals surface area contributed by atoms with Crippen molar-refractivity contribution in [3.63, 3.8) is 0 Å². The molecular weight excluding hydrogens is 178 g/mol. The number of rotatable bonds is 2. The Balaban J connectivity index is 2.69. The molecule has 12 heavy (non-hydrogen) atoms. The maximum absolute atomic E-state index is 10.8. The maximum atomic E-state index is 10.8. The first-order chi connectivity index (χ1) is 5.72. The molecule has 0 spiro atoms. The van der Waals surface area contributed by atoms with Gasteiger partial charge >= 0.3 is 0 Å². The lowest BCUT2D eigenvalue weighted by Crippen LogP contribution is -2.14. The zero-order valence-electron chi connectivity index (χ0n) is 6.54. The molecule has 1 aromatic rings. The topological polar surface area (TPSA) is 54.9 Å². The highest BCUT2D eigenvalue weighted by Crippen LogP contribution is 2.02. The summed E-state index contributed by atoms with van der Waals surface area (Å²) in [6, 6.07) is 1.72. The number of aryl methyl sites for hydroxylation is 1. The summed E-state index contributed by atoms with van der Waals surface area (Å²) in [5.74, 6) is 0.0764. The molecule has 0 aliphatic carbocycles. The minimum Gasteiger partial charge on any atom is -0.308 e. The number of nitrogens with zero attached hydrogens (tertiary/aromatic N) is 2. The van der Waals surface area contributed by atoms with Crippen molar-refractivity contribution in [2.24, 2.45) is 0 Å². The molecular formula is C7H8ClN3O. The Bertz CT molecular complexity index is 290. The quantitative estimate of drug-likeness (QED) is 0.699. The fourth-order valence-corrected chi connectivity index (χ4v) is 0.768. The Morgan fingerprint density at radius 1 is 1.75 bits per heavy atom. The fourth-order valence-electron chi connectivity index (χ4n) is 0.701. The average Bonchev–Trinajstić information content (AvgIpc) is 2.04. The monoisotopic (exact) mass is 185 g/mol. The number of anilines is 1. The second-order valence-corrected chi connectivity index (χ2v) is 2.57. The third-order valence-corrected chi connectivity index (χ3v) is 1.42. The van der Waals surface area contributed by atoms with Crippen LogP contribution in [0, 0.1) is 6.92 Å². The molecule has 0 unspecified atom stereocenters. The SMILES string of the molecule is Cc1cnnc(NC(=O)CCl)c1. The van der Waals surface area contributed by atoms with E-state index in [0.29, 0.717) is 5.82 Å². The Morgan fingerprint density at radius 3 is 3.08 bits per heavy atom. The van der Waals surface area contributed by atoms with Crippen LogP contribution in [-0.2, 0) is 4.79 Å². The van der Waals surface area contributed by atoms with E-state index in [9.17, 15) is 4.79 Å². The first-order valence-electron chi connectivity index (χ1n) is 3.37. The van der Waals surface area contributed by atoms with Gasteiger partial charge in [0.05, 0.1) is 6.20 Å². The predicted octanol–water partition coefficient (Wildman–Crippen LogP) is 0.962. The van der Waals surface area contributed by atoms with Crippen molar-refractivity contribution in [3.8, 4) is 0 Å². The summed E-state index contributed by atoms with van der Waals surface area (Å²) in [6.07, 6.45) is 1.61. The number of hydrogen-bond acceptors (Lipinski definition) is 3. The molecule has 1 amide bonds. The van der Waals surface area contributed by atoms with E-state index in [4.69, 9.17) is 11.6 Å². The van der Waals surface area contributed by atoms with Crippen molar-refractivity contribution in [3.05, 3.63) is 17.8 Å². The zero-order valence-corrected chi connectivity index (χ0v) is 7.30. The van der Waals surface area contributed by atoms with Gasteiger partial charge in [-0.05, 0) is 18.6 Å². The van der Waals surface area contributed by atoms with E-state index in [1.807, 2.05) is 6.92 Å². The smallest absolute Gasteiger partial charge is 0.240 e. The molecule has 0 fully saturated rings. The van der Waals surface area contributed by atoms with Gasteiger partial charge in [-0.25, -0.2) is 0 Å². The van der Waals surface area contributed by atoms with E-state index in [0.717, 1.165) is 5.56 Å². The number of hydrogen-bond donors (Lipinski definition) is 1. The number of carbonyl (C=O) groups excluding carboxylic acids is 1. The molecule has 1 aromatic heterocycles. The van der Waals surface area contributed by atoms with Crippen molar-refractivity contribution in [2.75, 3.05) is 11.2 Å². The molecule has 0 aliphatic rings. The summed E-state index contributed by atoms with van der Waals surface area (Å²) in [5, 5.41) is 9.84. The third-order valence-electron chi connectivity index (χ3n) is 1.18. The van der Waals surface area contributed by atoms with Gasteiger partial charge in [-0.2, -0.15) is 5.10 Å². The number of halogens is 1. The molecule has 0 aliphatic heterocycles. The van der Waals surface area contributed by atoms with E-state index in [1.165, 1.54) is 0 Å². The molecule has 0 saturated heterocycles. The average molecular weight is 186 g/mol. The lowest BCUT2D eigenvalue weighted by Gasteiger charge is -2.00. The Labute approximate surface area is 74.9 Å². The van der Waals surface area contributed by atoms with Crippen LogP contribution < -0.4 is 5.32 Å². The number of alkyl halides is 1. The molecule has 4 nitrogen and oxygen atoms in total. The van der Waals surface area contributed by atoms with Crippen LogP contribution in [0.25, 0.3) is 0 Å². The molecule has 0 aromatic carbocycles. The third kappa shape index (κ3) is 2.47. The van der Waals surface area contributed by atoms with E-state index in [-0.39, 0.29) is 11.8 Å². The highest BCUT2D eigenvalue weighted by molar-refractivity contribution is 6.28. The van der Waals surface area contributed by atoms with Gasteiger partial charge in [-0.15, -0.1) is 16.7 Å². The van der Waals surface area contributed by atoms with E-state index in [1.54, 1.807) is 12.3 Å². The van der Waals surface area contributed by atoms with Crippen molar-refractivity contribution >= 4 is 23.3 Å². The van der Waals surface area contributed by atoms with E-state index in [2.05, 4.69) is 15.5 Å². The molecule has 1 heterocycles. The van der Waals surface area contributed by atoms with Gasteiger partial charge < -0.3 is 5.32 Å². The Kier molecular flexibility index (Phi) is 2.99. The van der Waals surface area contributed by atoms with Crippen LogP contribution in [0.2, 0.25) is 0 Å². The van der Waals surface area contributed by atoms with Crippen LogP contribution >= 0.6 is 11.6 Å². The van der Waals surface area contributed by atoms with Gasteiger partial charge in [-0.1, -0.05) is 0 Å². The first-order valence-corrected chi connectivity index (χ1v) is 3.91. The van der Waals surface area contributed by atoms with Gasteiger partial charge in [0.15, 0.2) is 5.82 Å². The van der Waals surface area contributed by atoms with Gasteiger partial charge in [0.2, 0.25) is 5.91 Å². The minimum atomic E-state index is -0.281. The second kappa shape index (κ2) is 4.01. The fraction of sp³-hybridized carbons (Fsp3) is 0.286. The van der Waals surface area contributed by atoms with Crippen LogP contribution in [-0.4, -0.2) is 22.0 Å². The van der Waals surface area contributed by atoms with Crippen LogP contribution in [0.4, 0.5) is 5.82 Å². The molecule has 5 heteroatoms. The second-order valence-electron chi connectivity index (χ2n) is 2.30. The molecule has 0 radical (unpaired) electrons. The molecule has 1 N–H and O–H groups in total. The van der Waals surface area contributed by atoms with Gasteiger partial charge in [-0.3, -0.25) is 4.79 Å². The summed E-state index contributed by atoms with van der Waals surface area (Å²) in [7, 11) is 0. The lowest BCUT2D eigenvalue weighted by molar-refractivity contribution is -0.113. The molecule has 64 valence electrons. The van der Waals surface area contributed by atoms with Gasteiger partial charge in [0.25, 0.3) is 0 Å². The normalized spacial score (nSPS) is 9.50. The molecule has 0 bridgehead atoms. The van der Waals surface area contributed by atoms with Crippen LogP contribution in [0.15, 0.2) is 12.3 Å². The Morgan fingerprint density at radius 2 is 2.50 bits per heavy atom. The van der Waals surface area contributed by atoms with Crippen molar-refractivity contribution < 1.29 is 4.79 Å².